The summed E-state index contributed by atoms with van der Waals surface area (Å²) in [6.45, 7) is 0. The zero-order valence-corrected chi connectivity index (χ0v) is 23.7. The summed E-state index contributed by atoms with van der Waals surface area (Å²) in [6, 6.07) is 52.2. The van der Waals surface area contributed by atoms with Crippen molar-refractivity contribution in [2.24, 2.45) is 10.2 Å². The van der Waals surface area contributed by atoms with Crippen LogP contribution in [0.2, 0.25) is 0 Å². The summed E-state index contributed by atoms with van der Waals surface area (Å²) in [7, 11) is 0. The Kier molecular flexibility index (Phi) is 6.93. The van der Waals surface area contributed by atoms with E-state index in [0.29, 0.717) is 0 Å². The fraction of sp³-hybridized carbons (Fsp3) is 0.0286. The van der Waals surface area contributed by atoms with E-state index >= 15 is 0 Å². The molecular weight excluding hydrogens is 541 g/mol. The normalized spacial score (nSPS) is 19.4. The second-order valence-electron chi connectivity index (χ2n) is 9.59. The summed E-state index contributed by atoms with van der Waals surface area (Å²) < 4.78 is 0. The summed E-state index contributed by atoms with van der Waals surface area (Å²) in [6.07, 6.45) is 2.33. The van der Waals surface area contributed by atoms with Gasteiger partial charge in [-0.05, 0) is 47.7 Å². The predicted octanol–water partition coefficient (Wildman–Crippen LogP) is 8.91. The predicted molar refractivity (Wildman–Crippen MR) is 175 cm³/mol. The van der Waals surface area contributed by atoms with Crippen molar-refractivity contribution in [1.82, 2.24) is 0 Å². The Morgan fingerprint density at radius 3 is 1.59 bits per heavy atom. The summed E-state index contributed by atoms with van der Waals surface area (Å²) in [5, 5.41) is 17.6. The van der Waals surface area contributed by atoms with E-state index in [-0.39, 0.29) is 0 Å². The van der Waals surface area contributed by atoms with Crippen molar-refractivity contribution < 1.29 is 0 Å². The van der Waals surface area contributed by atoms with Crippen molar-refractivity contribution in [1.29, 1.82) is 0 Å². The quantitative estimate of drug-likeness (QED) is 0.205. The van der Waals surface area contributed by atoms with Gasteiger partial charge in [0.2, 0.25) is 0 Å². The van der Waals surface area contributed by atoms with Crippen LogP contribution in [0, 0.1) is 0 Å². The molecule has 0 amide bonds. The summed E-state index contributed by atoms with van der Waals surface area (Å²) in [5.41, 5.74) is 5.35. The highest BCUT2D eigenvalue weighted by Crippen LogP contribution is 2.52. The smallest absolute Gasteiger partial charge is 0.160 e. The molecule has 0 aliphatic carbocycles. The van der Waals surface area contributed by atoms with E-state index in [2.05, 4.69) is 143 Å². The fourth-order valence-corrected chi connectivity index (χ4v) is 7.38. The van der Waals surface area contributed by atoms with Crippen LogP contribution in [0.25, 0.3) is 0 Å². The van der Waals surface area contributed by atoms with Gasteiger partial charge < -0.3 is 0 Å². The Labute approximate surface area is 248 Å². The van der Waals surface area contributed by atoms with E-state index in [4.69, 9.17) is 10.2 Å². The molecule has 2 aliphatic heterocycles. The third-order valence-corrected chi connectivity index (χ3v) is 9.27. The van der Waals surface area contributed by atoms with Crippen LogP contribution in [-0.2, 0) is 4.87 Å². The topological polar surface area (TPSA) is 31.2 Å². The van der Waals surface area contributed by atoms with Gasteiger partial charge in [-0.2, -0.15) is 10.2 Å². The minimum atomic E-state index is -0.662. The Morgan fingerprint density at radius 2 is 1.00 bits per heavy atom. The molecule has 2 aliphatic rings. The number of anilines is 2. The molecule has 0 saturated heterocycles. The van der Waals surface area contributed by atoms with Crippen LogP contribution < -0.4 is 10.0 Å². The van der Waals surface area contributed by atoms with Gasteiger partial charge in [0, 0.05) is 11.1 Å². The molecule has 0 spiro atoms. The molecule has 5 aromatic carbocycles. The number of rotatable bonds is 6. The first-order chi connectivity index (χ1) is 20.3. The van der Waals surface area contributed by atoms with Gasteiger partial charge in [0.05, 0.1) is 11.4 Å². The third-order valence-electron chi connectivity index (χ3n) is 6.91. The molecule has 2 heterocycles. The molecule has 0 saturated carbocycles. The highest BCUT2D eigenvalue weighted by Gasteiger charge is 2.46. The molecule has 0 aromatic heterocycles. The molecule has 1 unspecified atom stereocenters. The highest BCUT2D eigenvalue weighted by atomic mass is 32.2. The maximum absolute atomic E-state index is 5.28. The van der Waals surface area contributed by atoms with Gasteiger partial charge in [-0.25, -0.2) is 10.0 Å². The lowest BCUT2D eigenvalue weighted by atomic mass is 10.0. The van der Waals surface area contributed by atoms with Crippen molar-refractivity contribution in [3.05, 3.63) is 179 Å². The van der Waals surface area contributed by atoms with Crippen LogP contribution in [0.4, 0.5) is 11.4 Å². The van der Waals surface area contributed by atoms with E-state index < -0.39 is 4.87 Å². The molecule has 1 atom stereocenters. The van der Waals surface area contributed by atoms with Gasteiger partial charge >= 0.3 is 0 Å². The maximum Gasteiger partial charge on any atom is 0.160 e. The molecule has 4 nitrogen and oxygen atoms in total. The Hall–Kier alpha value is -4.52. The molecule has 5 aromatic rings. The van der Waals surface area contributed by atoms with Crippen LogP contribution in [0.5, 0.6) is 0 Å². The van der Waals surface area contributed by atoms with Crippen molar-refractivity contribution in [2.75, 3.05) is 10.0 Å². The first-order valence-electron chi connectivity index (χ1n) is 13.4. The van der Waals surface area contributed by atoms with Crippen molar-refractivity contribution in [2.45, 2.75) is 4.87 Å². The van der Waals surface area contributed by atoms with Gasteiger partial charge in [0.15, 0.2) is 4.87 Å². The first-order valence-corrected chi connectivity index (χ1v) is 15.1. The lowest BCUT2D eigenvalue weighted by molar-refractivity contribution is 0.713. The fourth-order valence-electron chi connectivity index (χ4n) is 4.94. The molecule has 0 radical (unpaired) electrons. The summed E-state index contributed by atoms with van der Waals surface area (Å²) >= 11 is 3.44. The van der Waals surface area contributed by atoms with Crippen LogP contribution in [0.1, 0.15) is 16.7 Å². The molecule has 0 fully saturated rings. The van der Waals surface area contributed by atoms with Gasteiger partial charge in [-0.3, -0.25) is 0 Å². The number of thioether (sulfide) groups is 2. The molecule has 7 rings (SSSR count). The zero-order valence-electron chi connectivity index (χ0n) is 22.1. The lowest BCUT2D eigenvalue weighted by Crippen LogP contribution is -2.36. The monoisotopic (exact) mass is 566 g/mol. The van der Waals surface area contributed by atoms with E-state index in [9.17, 15) is 0 Å². The van der Waals surface area contributed by atoms with E-state index in [1.54, 1.807) is 23.5 Å². The van der Waals surface area contributed by atoms with Crippen molar-refractivity contribution >= 4 is 45.0 Å². The SMILES string of the molecule is C(=C1SC(c2ccccc2)=NN1c1ccccc1)C1(c2ccccc2)SC(c2ccccc2)=NN1c1ccccc1. The summed E-state index contributed by atoms with van der Waals surface area (Å²) in [4.78, 5) is -0.662. The van der Waals surface area contributed by atoms with E-state index in [1.165, 1.54) is 0 Å². The number of para-hydroxylation sites is 2. The van der Waals surface area contributed by atoms with Gasteiger partial charge in [-0.15, -0.1) is 0 Å². The van der Waals surface area contributed by atoms with Crippen molar-refractivity contribution in [3.8, 4) is 0 Å². The first kappa shape index (κ1) is 25.4. The summed E-state index contributed by atoms with van der Waals surface area (Å²) in [5.74, 6) is 0. The lowest BCUT2D eigenvalue weighted by Gasteiger charge is -2.35. The van der Waals surface area contributed by atoms with E-state index in [0.717, 1.165) is 43.2 Å². The Morgan fingerprint density at radius 1 is 0.512 bits per heavy atom. The standard InChI is InChI=1S/C35H26N4S2/c1-6-16-27(17-7-1)33-36-38(30-22-12-4-13-23-30)32(40-33)26-35(29-20-10-3-11-21-29)39(31-24-14-5-15-25-31)37-34(41-35)28-18-8-2-9-19-28/h1-26H. The van der Waals surface area contributed by atoms with Crippen LogP contribution in [0.3, 0.4) is 0 Å². The molecule has 0 N–H and O–H groups in total. The van der Waals surface area contributed by atoms with Crippen LogP contribution in [-0.4, -0.2) is 10.1 Å². The molecule has 198 valence electrons. The number of benzene rings is 5. The molecule has 41 heavy (non-hydrogen) atoms. The highest BCUT2D eigenvalue weighted by molar-refractivity contribution is 8.18. The maximum atomic E-state index is 5.28. The zero-order chi connectivity index (χ0) is 27.5. The average molecular weight is 567 g/mol. The molecule has 6 heteroatoms. The van der Waals surface area contributed by atoms with Gasteiger partial charge in [0.25, 0.3) is 0 Å². The van der Waals surface area contributed by atoms with Crippen LogP contribution in [0.15, 0.2) is 173 Å². The average Bonchev–Trinajstić information content (AvgIpc) is 3.66. The number of nitrogens with zero attached hydrogens (tertiary/aromatic N) is 4. The Balaban J connectivity index is 1.42. The minimum absolute atomic E-state index is 0.662. The number of hydrogen-bond donors (Lipinski definition) is 0. The van der Waals surface area contributed by atoms with Gasteiger partial charge in [0.1, 0.15) is 15.1 Å². The minimum Gasteiger partial charge on any atom is -0.239 e. The van der Waals surface area contributed by atoms with Crippen molar-refractivity contribution in [3.63, 3.8) is 0 Å². The second kappa shape index (κ2) is 11.2. The largest absolute Gasteiger partial charge is 0.239 e. The Bertz CT molecular complexity index is 1720. The molecule has 0 bridgehead atoms. The number of hydrogen-bond acceptors (Lipinski definition) is 6. The number of hydrazone groups is 2. The van der Waals surface area contributed by atoms with Gasteiger partial charge in [-0.1, -0.05) is 139 Å². The second-order valence-corrected chi connectivity index (χ2v) is 11.8. The van der Waals surface area contributed by atoms with E-state index in [1.807, 2.05) is 24.3 Å². The third kappa shape index (κ3) is 4.97. The molecular formula is C35H26N4S2. The van der Waals surface area contributed by atoms with Crippen LogP contribution >= 0.6 is 23.5 Å².